The molecule has 0 atom stereocenters. The Hall–Kier alpha value is -1.40. The third-order valence-electron chi connectivity index (χ3n) is 2.73. The Labute approximate surface area is 101 Å². The molecule has 1 aliphatic heterocycles. The highest BCUT2D eigenvalue weighted by Gasteiger charge is 2.16. The van der Waals surface area contributed by atoms with Crippen LogP contribution in [0.25, 0.3) is 0 Å². The Balaban J connectivity index is 1.88. The molecule has 1 fully saturated rings. The van der Waals surface area contributed by atoms with Crippen molar-refractivity contribution in [3.63, 3.8) is 0 Å². The number of carbonyl (C=O) groups excluding carboxylic acids is 1. The predicted octanol–water partition coefficient (Wildman–Crippen LogP) is -0.539. The number of aromatic nitrogens is 2. The maximum absolute atomic E-state index is 11.9. The second-order valence-corrected chi connectivity index (χ2v) is 4.06. The van der Waals surface area contributed by atoms with E-state index in [2.05, 4.69) is 10.3 Å². The van der Waals surface area contributed by atoms with Gasteiger partial charge in [0.15, 0.2) is 0 Å². The van der Waals surface area contributed by atoms with Crippen LogP contribution in [0.1, 0.15) is 5.69 Å². The molecule has 1 aliphatic rings. The lowest BCUT2D eigenvalue weighted by molar-refractivity contribution is -0.135. The molecule has 1 aromatic heterocycles. The normalized spacial score (nSPS) is 16.2. The Bertz CT molecular complexity index is 371. The van der Waals surface area contributed by atoms with Crippen molar-refractivity contribution < 1.29 is 9.53 Å². The summed E-state index contributed by atoms with van der Waals surface area (Å²) in [6.07, 6.45) is 3.60. The number of morpholine rings is 1. The number of carbonyl (C=O) groups is 1. The molecular weight excluding hydrogens is 220 g/mol. The first-order valence-electron chi connectivity index (χ1n) is 5.80. The van der Waals surface area contributed by atoms with Crippen LogP contribution in [0.15, 0.2) is 12.5 Å². The summed E-state index contributed by atoms with van der Waals surface area (Å²) in [5, 5.41) is 3.03. The Kier molecular flexibility index (Phi) is 4.11. The lowest BCUT2D eigenvalue weighted by Crippen LogP contribution is -2.42. The van der Waals surface area contributed by atoms with Crippen molar-refractivity contribution in [2.75, 3.05) is 33.4 Å². The van der Waals surface area contributed by atoms with Crippen LogP contribution in [0.2, 0.25) is 0 Å². The summed E-state index contributed by atoms with van der Waals surface area (Å²) in [6.45, 7) is 3.74. The fourth-order valence-corrected chi connectivity index (χ4v) is 1.83. The molecular formula is C11H18N4O2. The molecule has 0 aliphatic carbocycles. The zero-order chi connectivity index (χ0) is 12.1. The van der Waals surface area contributed by atoms with Gasteiger partial charge < -0.3 is 19.5 Å². The van der Waals surface area contributed by atoms with E-state index >= 15 is 0 Å². The van der Waals surface area contributed by atoms with Crippen LogP contribution < -0.4 is 5.32 Å². The third kappa shape index (κ3) is 3.28. The van der Waals surface area contributed by atoms with E-state index in [-0.39, 0.29) is 5.91 Å². The van der Waals surface area contributed by atoms with Crippen LogP contribution in [-0.2, 0) is 22.6 Å². The van der Waals surface area contributed by atoms with Crippen LogP contribution in [0.5, 0.6) is 0 Å². The quantitative estimate of drug-likeness (QED) is 0.765. The molecule has 0 unspecified atom stereocenters. The minimum absolute atomic E-state index is 0.127. The van der Waals surface area contributed by atoms with Crippen molar-refractivity contribution in [1.29, 1.82) is 0 Å². The summed E-state index contributed by atoms with van der Waals surface area (Å²) >= 11 is 0. The van der Waals surface area contributed by atoms with E-state index in [9.17, 15) is 4.79 Å². The average Bonchev–Trinajstić information content (AvgIpc) is 2.78. The minimum atomic E-state index is 0.127. The molecule has 1 amide bonds. The molecule has 0 spiro atoms. The van der Waals surface area contributed by atoms with Gasteiger partial charge in [0.25, 0.3) is 0 Å². The predicted molar refractivity (Wildman–Crippen MR) is 62.4 cm³/mol. The van der Waals surface area contributed by atoms with Gasteiger partial charge in [0.1, 0.15) is 6.54 Å². The van der Waals surface area contributed by atoms with E-state index in [4.69, 9.17) is 4.74 Å². The monoisotopic (exact) mass is 238 g/mol. The number of ether oxygens (including phenoxy) is 1. The zero-order valence-electron chi connectivity index (χ0n) is 10.1. The highest BCUT2D eigenvalue weighted by Crippen LogP contribution is 2.01. The lowest BCUT2D eigenvalue weighted by atomic mass is 10.4. The number of nitrogens with zero attached hydrogens (tertiary/aromatic N) is 3. The molecule has 2 heterocycles. The van der Waals surface area contributed by atoms with Gasteiger partial charge in [-0.2, -0.15) is 0 Å². The first-order valence-corrected chi connectivity index (χ1v) is 5.80. The number of hydrogen-bond acceptors (Lipinski definition) is 4. The summed E-state index contributed by atoms with van der Waals surface area (Å²) in [6, 6.07) is 0. The molecule has 17 heavy (non-hydrogen) atoms. The van der Waals surface area contributed by atoms with Gasteiger partial charge in [-0.05, 0) is 7.05 Å². The molecule has 1 aromatic rings. The summed E-state index contributed by atoms with van der Waals surface area (Å²) in [5.74, 6) is 0.127. The van der Waals surface area contributed by atoms with Crippen LogP contribution in [0.4, 0.5) is 0 Å². The molecule has 0 saturated carbocycles. The molecule has 6 nitrogen and oxygen atoms in total. The molecule has 2 rings (SSSR count). The number of nitrogens with one attached hydrogen (secondary N) is 1. The first kappa shape index (κ1) is 12.1. The SMILES string of the molecule is CNCc1cn(CC(=O)N2CCOCC2)cn1. The van der Waals surface area contributed by atoms with Crippen molar-refractivity contribution in [2.24, 2.45) is 0 Å². The smallest absolute Gasteiger partial charge is 0.242 e. The van der Waals surface area contributed by atoms with Gasteiger partial charge in [-0.3, -0.25) is 4.79 Å². The number of rotatable bonds is 4. The minimum Gasteiger partial charge on any atom is -0.378 e. The average molecular weight is 238 g/mol. The summed E-state index contributed by atoms with van der Waals surface area (Å²) < 4.78 is 7.04. The second-order valence-electron chi connectivity index (χ2n) is 4.06. The van der Waals surface area contributed by atoms with E-state index in [1.54, 1.807) is 6.33 Å². The summed E-state index contributed by atoms with van der Waals surface area (Å²) in [5.41, 5.74) is 0.947. The van der Waals surface area contributed by atoms with Crippen LogP contribution >= 0.6 is 0 Å². The molecule has 0 bridgehead atoms. The highest BCUT2D eigenvalue weighted by atomic mass is 16.5. The van der Waals surface area contributed by atoms with E-state index < -0.39 is 0 Å². The van der Waals surface area contributed by atoms with Gasteiger partial charge in [-0.15, -0.1) is 0 Å². The molecule has 94 valence electrons. The number of amides is 1. The van der Waals surface area contributed by atoms with Crippen LogP contribution in [0.3, 0.4) is 0 Å². The second kappa shape index (κ2) is 5.79. The molecule has 0 aromatic carbocycles. The van der Waals surface area contributed by atoms with Gasteiger partial charge in [0.05, 0.1) is 25.2 Å². The molecule has 6 heteroatoms. The van der Waals surface area contributed by atoms with Crippen molar-refractivity contribution in [3.8, 4) is 0 Å². The fourth-order valence-electron chi connectivity index (χ4n) is 1.83. The van der Waals surface area contributed by atoms with Crippen LogP contribution in [0, 0.1) is 0 Å². The van der Waals surface area contributed by atoms with Crippen molar-refractivity contribution >= 4 is 5.91 Å². The maximum atomic E-state index is 11.9. The third-order valence-corrected chi connectivity index (χ3v) is 2.73. The van der Waals surface area contributed by atoms with Gasteiger partial charge in [-0.1, -0.05) is 0 Å². The Morgan fingerprint density at radius 2 is 2.29 bits per heavy atom. The Morgan fingerprint density at radius 1 is 1.53 bits per heavy atom. The van der Waals surface area contributed by atoms with Gasteiger partial charge in [0.2, 0.25) is 5.91 Å². The zero-order valence-corrected chi connectivity index (χ0v) is 10.1. The highest BCUT2D eigenvalue weighted by molar-refractivity contribution is 5.76. The van der Waals surface area contributed by atoms with E-state index in [1.165, 1.54) is 0 Å². The van der Waals surface area contributed by atoms with E-state index in [0.717, 1.165) is 12.2 Å². The maximum Gasteiger partial charge on any atom is 0.242 e. The van der Waals surface area contributed by atoms with Crippen molar-refractivity contribution in [1.82, 2.24) is 19.8 Å². The standard InChI is InChI=1S/C11H18N4O2/c1-12-6-10-7-14(9-13-10)8-11(16)15-2-4-17-5-3-15/h7,9,12H,2-6,8H2,1H3. The number of hydrogen-bond donors (Lipinski definition) is 1. The van der Waals surface area contributed by atoms with Gasteiger partial charge in [0, 0.05) is 25.8 Å². The molecule has 1 saturated heterocycles. The van der Waals surface area contributed by atoms with Crippen molar-refractivity contribution in [2.45, 2.75) is 13.1 Å². The summed E-state index contributed by atoms with van der Waals surface area (Å²) in [7, 11) is 1.87. The fraction of sp³-hybridized carbons (Fsp3) is 0.636. The topological polar surface area (TPSA) is 59.4 Å². The van der Waals surface area contributed by atoms with Gasteiger partial charge >= 0.3 is 0 Å². The first-order chi connectivity index (χ1) is 8.29. The Morgan fingerprint density at radius 3 is 3.00 bits per heavy atom. The van der Waals surface area contributed by atoms with E-state index in [0.29, 0.717) is 32.8 Å². The lowest BCUT2D eigenvalue weighted by Gasteiger charge is -2.26. The largest absolute Gasteiger partial charge is 0.378 e. The van der Waals surface area contributed by atoms with E-state index in [1.807, 2.05) is 22.7 Å². The summed E-state index contributed by atoms with van der Waals surface area (Å²) in [4.78, 5) is 18.0. The molecule has 0 radical (unpaired) electrons. The van der Waals surface area contributed by atoms with Crippen molar-refractivity contribution in [3.05, 3.63) is 18.2 Å². The van der Waals surface area contributed by atoms with Gasteiger partial charge in [-0.25, -0.2) is 4.98 Å². The molecule has 1 N–H and O–H groups in total. The van der Waals surface area contributed by atoms with Crippen LogP contribution in [-0.4, -0.2) is 53.7 Å². The number of imidazole rings is 1.